The molecule has 1 heterocycles. The molecule has 0 aromatic carbocycles. The molecule has 7 heteroatoms. The maximum Gasteiger partial charge on any atom is 0.314 e. The van der Waals surface area contributed by atoms with Gasteiger partial charge >= 0.3 is 12.0 Å². The van der Waals surface area contributed by atoms with Crippen molar-refractivity contribution in [2.24, 2.45) is 5.41 Å². The van der Waals surface area contributed by atoms with E-state index in [0.717, 1.165) is 19.4 Å². The molecule has 1 aliphatic rings. The van der Waals surface area contributed by atoms with E-state index in [1.54, 1.807) is 12.5 Å². The van der Waals surface area contributed by atoms with E-state index in [2.05, 4.69) is 15.6 Å². The minimum absolute atomic E-state index is 0.204. The van der Waals surface area contributed by atoms with E-state index in [1.807, 2.05) is 10.8 Å². The summed E-state index contributed by atoms with van der Waals surface area (Å²) in [7, 11) is 0. The van der Waals surface area contributed by atoms with Crippen LogP contribution in [0.25, 0.3) is 0 Å². The Bertz CT molecular complexity index is 454. The van der Waals surface area contributed by atoms with Gasteiger partial charge in [0.15, 0.2) is 0 Å². The zero-order valence-electron chi connectivity index (χ0n) is 11.3. The predicted octanol–water partition coefficient (Wildman–Crippen LogP) is 0.827. The van der Waals surface area contributed by atoms with Gasteiger partial charge in [0.05, 0.1) is 11.7 Å². The molecule has 7 nitrogen and oxygen atoms in total. The molecule has 0 unspecified atom stereocenters. The lowest BCUT2D eigenvalue weighted by molar-refractivity contribution is -0.153. The second-order valence-electron chi connectivity index (χ2n) is 5.20. The van der Waals surface area contributed by atoms with E-state index in [1.165, 1.54) is 0 Å². The van der Waals surface area contributed by atoms with E-state index >= 15 is 0 Å². The molecule has 1 saturated carbocycles. The van der Waals surface area contributed by atoms with Crippen molar-refractivity contribution in [3.63, 3.8) is 0 Å². The predicted molar refractivity (Wildman–Crippen MR) is 72.2 cm³/mol. The van der Waals surface area contributed by atoms with Crippen LogP contribution in [0.3, 0.4) is 0 Å². The van der Waals surface area contributed by atoms with Gasteiger partial charge in [0.1, 0.15) is 0 Å². The average molecular weight is 280 g/mol. The first-order valence-corrected chi connectivity index (χ1v) is 6.83. The van der Waals surface area contributed by atoms with Crippen LogP contribution in [0.2, 0.25) is 0 Å². The standard InChI is InChI=1S/C13H20N4O3/c18-11(19)13(3-1-4-13)9-16-12(20)15-5-2-7-17-8-6-14-10-17/h6,8,10H,1-5,7,9H2,(H,18,19)(H2,15,16,20). The molecule has 1 aliphatic carbocycles. The van der Waals surface area contributed by atoms with Crippen molar-refractivity contribution in [3.8, 4) is 0 Å². The number of nitrogens with one attached hydrogen (secondary N) is 2. The number of urea groups is 1. The summed E-state index contributed by atoms with van der Waals surface area (Å²) in [6.45, 7) is 1.54. The van der Waals surface area contributed by atoms with Crippen LogP contribution in [0.4, 0.5) is 4.79 Å². The van der Waals surface area contributed by atoms with Crippen molar-refractivity contribution in [1.82, 2.24) is 20.2 Å². The van der Waals surface area contributed by atoms with Crippen LogP contribution in [-0.4, -0.2) is 39.7 Å². The summed E-state index contributed by atoms with van der Waals surface area (Å²) in [5, 5.41) is 14.5. The quantitative estimate of drug-likeness (QED) is 0.644. The summed E-state index contributed by atoms with van der Waals surface area (Å²) in [6, 6.07) is -0.303. The zero-order valence-corrected chi connectivity index (χ0v) is 11.3. The Morgan fingerprint density at radius 2 is 2.15 bits per heavy atom. The van der Waals surface area contributed by atoms with Crippen molar-refractivity contribution in [2.45, 2.75) is 32.2 Å². The second-order valence-corrected chi connectivity index (χ2v) is 5.20. The van der Waals surface area contributed by atoms with Crippen LogP contribution in [0.15, 0.2) is 18.7 Å². The van der Waals surface area contributed by atoms with Gasteiger partial charge in [-0.1, -0.05) is 6.42 Å². The van der Waals surface area contributed by atoms with Crippen molar-refractivity contribution < 1.29 is 14.7 Å². The molecular formula is C13H20N4O3. The molecule has 2 amide bonds. The van der Waals surface area contributed by atoms with Crippen molar-refractivity contribution in [2.75, 3.05) is 13.1 Å². The molecule has 110 valence electrons. The molecule has 0 spiro atoms. The minimum Gasteiger partial charge on any atom is -0.481 e. The van der Waals surface area contributed by atoms with Gasteiger partial charge in [-0.3, -0.25) is 4.79 Å². The minimum atomic E-state index is -0.816. The highest BCUT2D eigenvalue weighted by Crippen LogP contribution is 2.40. The van der Waals surface area contributed by atoms with E-state index in [-0.39, 0.29) is 12.6 Å². The first kappa shape index (κ1) is 14.4. The molecule has 0 saturated heterocycles. The van der Waals surface area contributed by atoms with Gasteiger partial charge in [0, 0.05) is 32.0 Å². The molecule has 0 radical (unpaired) electrons. The number of carbonyl (C=O) groups excluding carboxylic acids is 1. The Labute approximate surface area is 117 Å². The molecule has 0 bridgehead atoms. The summed E-state index contributed by atoms with van der Waals surface area (Å²) >= 11 is 0. The zero-order chi connectivity index (χ0) is 14.4. The number of carboxylic acid groups (broad SMARTS) is 1. The van der Waals surface area contributed by atoms with Crippen molar-refractivity contribution in [3.05, 3.63) is 18.7 Å². The highest BCUT2D eigenvalue weighted by molar-refractivity contribution is 5.78. The smallest absolute Gasteiger partial charge is 0.314 e. The molecule has 3 N–H and O–H groups in total. The summed E-state index contributed by atoms with van der Waals surface area (Å²) in [4.78, 5) is 26.6. The Kier molecular flexibility index (Phi) is 4.60. The van der Waals surface area contributed by atoms with Crippen LogP contribution in [0.5, 0.6) is 0 Å². The third-order valence-corrected chi connectivity index (χ3v) is 3.79. The molecule has 1 aromatic rings. The summed E-state index contributed by atoms with van der Waals surface area (Å²) in [6.07, 6.45) is 8.31. The van der Waals surface area contributed by atoms with E-state index < -0.39 is 11.4 Å². The number of carboxylic acids is 1. The Hall–Kier alpha value is -2.05. The first-order valence-electron chi connectivity index (χ1n) is 6.83. The van der Waals surface area contributed by atoms with Gasteiger partial charge in [0.25, 0.3) is 0 Å². The average Bonchev–Trinajstić information content (AvgIpc) is 2.86. The molecule has 20 heavy (non-hydrogen) atoms. The normalized spacial score (nSPS) is 16.2. The number of aromatic nitrogens is 2. The lowest BCUT2D eigenvalue weighted by Gasteiger charge is -2.37. The molecule has 0 atom stereocenters. The van der Waals surface area contributed by atoms with Gasteiger partial charge in [0.2, 0.25) is 0 Å². The maximum absolute atomic E-state index is 11.6. The number of hydrogen-bond donors (Lipinski definition) is 3. The highest BCUT2D eigenvalue weighted by atomic mass is 16.4. The highest BCUT2D eigenvalue weighted by Gasteiger charge is 2.44. The topological polar surface area (TPSA) is 96.3 Å². The fourth-order valence-corrected chi connectivity index (χ4v) is 2.26. The number of aliphatic carboxylic acids is 1. The maximum atomic E-state index is 11.6. The monoisotopic (exact) mass is 280 g/mol. The SMILES string of the molecule is O=C(NCCCn1ccnc1)NCC1(C(=O)O)CCC1. The van der Waals surface area contributed by atoms with Crippen LogP contribution < -0.4 is 10.6 Å². The van der Waals surface area contributed by atoms with E-state index in [0.29, 0.717) is 19.4 Å². The fourth-order valence-electron chi connectivity index (χ4n) is 2.26. The number of amides is 2. The third-order valence-electron chi connectivity index (χ3n) is 3.79. The lowest BCUT2D eigenvalue weighted by Crippen LogP contribution is -2.49. The van der Waals surface area contributed by atoms with Crippen LogP contribution >= 0.6 is 0 Å². The number of nitrogens with zero attached hydrogens (tertiary/aromatic N) is 2. The van der Waals surface area contributed by atoms with Gasteiger partial charge in [-0.05, 0) is 19.3 Å². The molecule has 1 aromatic heterocycles. The molecule has 0 aliphatic heterocycles. The molecular weight excluding hydrogens is 260 g/mol. The fraction of sp³-hybridized carbons (Fsp3) is 0.615. The largest absolute Gasteiger partial charge is 0.481 e. The summed E-state index contributed by atoms with van der Waals surface area (Å²) < 4.78 is 1.94. The number of rotatable bonds is 7. The second kappa shape index (κ2) is 6.40. The summed E-state index contributed by atoms with van der Waals surface area (Å²) in [5.41, 5.74) is -0.742. The van der Waals surface area contributed by atoms with E-state index in [9.17, 15) is 9.59 Å². The van der Waals surface area contributed by atoms with Crippen LogP contribution in [0.1, 0.15) is 25.7 Å². The van der Waals surface area contributed by atoms with Crippen molar-refractivity contribution >= 4 is 12.0 Å². The van der Waals surface area contributed by atoms with E-state index in [4.69, 9.17) is 5.11 Å². The summed E-state index contributed by atoms with van der Waals surface area (Å²) in [5.74, 6) is -0.816. The Morgan fingerprint density at radius 1 is 1.35 bits per heavy atom. The molecule has 2 rings (SSSR count). The van der Waals surface area contributed by atoms with Gasteiger partial charge in [-0.15, -0.1) is 0 Å². The Morgan fingerprint density at radius 3 is 2.70 bits per heavy atom. The number of aryl methyl sites for hydroxylation is 1. The third kappa shape index (κ3) is 3.49. The van der Waals surface area contributed by atoms with Crippen LogP contribution in [0, 0.1) is 5.41 Å². The Balaban J connectivity index is 1.59. The first-order chi connectivity index (χ1) is 9.62. The van der Waals surface area contributed by atoms with Gasteiger partial charge in [-0.2, -0.15) is 0 Å². The number of imidazole rings is 1. The van der Waals surface area contributed by atoms with Crippen LogP contribution in [-0.2, 0) is 11.3 Å². The van der Waals surface area contributed by atoms with Gasteiger partial charge in [-0.25, -0.2) is 9.78 Å². The van der Waals surface area contributed by atoms with Crippen molar-refractivity contribution in [1.29, 1.82) is 0 Å². The molecule has 1 fully saturated rings. The number of carbonyl (C=O) groups is 2. The number of hydrogen-bond acceptors (Lipinski definition) is 3. The van der Waals surface area contributed by atoms with Gasteiger partial charge < -0.3 is 20.3 Å². The lowest BCUT2D eigenvalue weighted by atomic mass is 9.69.